The van der Waals surface area contributed by atoms with Gasteiger partial charge in [0.05, 0.1) is 12.2 Å². The van der Waals surface area contributed by atoms with E-state index in [2.05, 4.69) is 63.0 Å². The molecule has 5 heteroatoms. The summed E-state index contributed by atoms with van der Waals surface area (Å²) >= 11 is 5.16. The number of thiazole rings is 1. The minimum atomic E-state index is 0.762. The predicted octanol–water partition coefficient (Wildman–Crippen LogP) is 5.21. The van der Waals surface area contributed by atoms with Crippen molar-refractivity contribution in [3.8, 4) is 10.6 Å². The van der Waals surface area contributed by atoms with Crippen LogP contribution in [0.2, 0.25) is 0 Å². The van der Waals surface area contributed by atoms with E-state index in [4.69, 9.17) is 0 Å². The third-order valence-electron chi connectivity index (χ3n) is 2.89. The van der Waals surface area contributed by atoms with Crippen LogP contribution in [-0.4, -0.2) is 11.2 Å². The zero-order chi connectivity index (χ0) is 13.8. The number of benzene rings is 1. The van der Waals surface area contributed by atoms with Crippen molar-refractivity contribution in [3.05, 3.63) is 52.2 Å². The number of hydrogen-bond donors (Lipinski definition) is 1. The Morgan fingerprint density at radius 2 is 2.10 bits per heavy atom. The Kier molecular flexibility index (Phi) is 4.40. The lowest BCUT2D eigenvalue weighted by atomic mass is 10.3. The molecule has 0 unspecified atom stereocenters. The van der Waals surface area contributed by atoms with E-state index in [1.54, 1.807) is 34.4 Å². The largest absolute Gasteiger partial charge is 0.378 e. The molecule has 1 aromatic carbocycles. The maximum Gasteiger partial charge on any atom is 0.124 e. The minimum Gasteiger partial charge on any atom is -0.378 e. The van der Waals surface area contributed by atoms with Gasteiger partial charge in [0.2, 0.25) is 0 Å². The summed E-state index contributed by atoms with van der Waals surface area (Å²) in [5, 5.41) is 10.9. The molecular formula is C15H14N2S3. The lowest BCUT2D eigenvalue weighted by Crippen LogP contribution is -2.00. The highest BCUT2D eigenvalue weighted by molar-refractivity contribution is 7.98. The average Bonchev–Trinajstić information content (AvgIpc) is 3.16. The van der Waals surface area contributed by atoms with Gasteiger partial charge >= 0.3 is 0 Å². The van der Waals surface area contributed by atoms with Crippen molar-refractivity contribution >= 4 is 40.1 Å². The lowest BCUT2D eigenvalue weighted by Gasteiger charge is -2.08. The fraction of sp³-hybridized carbons (Fsp3) is 0.133. The van der Waals surface area contributed by atoms with Gasteiger partial charge in [-0.2, -0.15) is 11.3 Å². The van der Waals surface area contributed by atoms with Gasteiger partial charge in [-0.15, -0.1) is 23.1 Å². The molecule has 1 N–H and O–H groups in total. The van der Waals surface area contributed by atoms with Gasteiger partial charge in [0.25, 0.3) is 0 Å². The first kappa shape index (κ1) is 13.7. The number of hydrogen-bond acceptors (Lipinski definition) is 5. The monoisotopic (exact) mass is 318 g/mol. The summed E-state index contributed by atoms with van der Waals surface area (Å²) in [5.41, 5.74) is 3.48. The second-order valence-corrected chi connectivity index (χ2v) is 6.70. The standard InChI is InChI=1S/C15H14N2S3/c1-18-14-5-3-2-4-13(14)16-8-12-10-20-15(17-12)11-6-7-19-9-11/h2-7,9-10,16H,8H2,1H3. The molecule has 0 fully saturated rings. The molecule has 20 heavy (non-hydrogen) atoms. The van der Waals surface area contributed by atoms with Crippen molar-refractivity contribution in [1.29, 1.82) is 0 Å². The third-order valence-corrected chi connectivity index (χ3v) is 5.31. The Balaban J connectivity index is 1.70. The van der Waals surface area contributed by atoms with Crippen molar-refractivity contribution in [3.63, 3.8) is 0 Å². The van der Waals surface area contributed by atoms with Crippen LogP contribution in [-0.2, 0) is 6.54 Å². The molecule has 0 aliphatic carbocycles. The van der Waals surface area contributed by atoms with Gasteiger partial charge in [-0.3, -0.25) is 0 Å². The third kappa shape index (κ3) is 3.06. The first-order chi connectivity index (χ1) is 9.86. The number of thioether (sulfide) groups is 1. The Morgan fingerprint density at radius 1 is 1.20 bits per heavy atom. The van der Waals surface area contributed by atoms with Crippen LogP contribution in [0, 0.1) is 0 Å². The fourth-order valence-electron chi connectivity index (χ4n) is 1.88. The van der Waals surface area contributed by atoms with Crippen molar-refractivity contribution < 1.29 is 0 Å². The number of nitrogens with one attached hydrogen (secondary N) is 1. The number of thiophene rings is 1. The summed E-state index contributed by atoms with van der Waals surface area (Å²) in [4.78, 5) is 5.94. The Labute approximate surface area is 130 Å². The summed E-state index contributed by atoms with van der Waals surface area (Å²) in [5.74, 6) is 0. The quantitative estimate of drug-likeness (QED) is 0.654. The Hall–Kier alpha value is -1.30. The summed E-state index contributed by atoms with van der Waals surface area (Å²) in [6, 6.07) is 10.5. The van der Waals surface area contributed by atoms with Crippen molar-refractivity contribution in [2.75, 3.05) is 11.6 Å². The van der Waals surface area contributed by atoms with Crippen LogP contribution in [0.15, 0.2) is 51.4 Å². The van der Waals surface area contributed by atoms with E-state index in [-0.39, 0.29) is 0 Å². The first-order valence-electron chi connectivity index (χ1n) is 6.20. The van der Waals surface area contributed by atoms with Gasteiger partial charge in [-0.25, -0.2) is 4.98 Å². The van der Waals surface area contributed by atoms with Crippen LogP contribution in [0.1, 0.15) is 5.69 Å². The van der Waals surface area contributed by atoms with E-state index in [1.165, 1.54) is 16.1 Å². The molecule has 2 heterocycles. The van der Waals surface area contributed by atoms with E-state index in [0.717, 1.165) is 17.2 Å². The molecule has 3 rings (SSSR count). The van der Waals surface area contributed by atoms with Crippen LogP contribution in [0.3, 0.4) is 0 Å². The molecule has 0 aliphatic heterocycles. The number of para-hydroxylation sites is 1. The number of rotatable bonds is 5. The van der Waals surface area contributed by atoms with Gasteiger partial charge in [0, 0.05) is 26.9 Å². The average molecular weight is 318 g/mol. The highest BCUT2D eigenvalue weighted by atomic mass is 32.2. The highest BCUT2D eigenvalue weighted by Gasteiger charge is 2.06. The highest BCUT2D eigenvalue weighted by Crippen LogP contribution is 2.27. The number of aromatic nitrogens is 1. The topological polar surface area (TPSA) is 24.9 Å². The second-order valence-electron chi connectivity index (χ2n) is 4.21. The summed E-state index contributed by atoms with van der Waals surface area (Å²) in [7, 11) is 0. The summed E-state index contributed by atoms with van der Waals surface area (Å²) in [6.45, 7) is 0.762. The molecule has 2 nitrogen and oxygen atoms in total. The van der Waals surface area contributed by atoms with Crippen molar-refractivity contribution in [2.45, 2.75) is 11.4 Å². The first-order valence-corrected chi connectivity index (χ1v) is 9.25. The van der Waals surface area contributed by atoms with E-state index in [9.17, 15) is 0 Å². The Morgan fingerprint density at radius 3 is 2.90 bits per heavy atom. The van der Waals surface area contributed by atoms with Crippen LogP contribution in [0.5, 0.6) is 0 Å². The van der Waals surface area contributed by atoms with E-state index >= 15 is 0 Å². The molecule has 0 atom stereocenters. The smallest absolute Gasteiger partial charge is 0.124 e. The number of nitrogens with zero attached hydrogens (tertiary/aromatic N) is 1. The summed E-state index contributed by atoms with van der Waals surface area (Å²) in [6.07, 6.45) is 2.10. The molecule has 2 aromatic heterocycles. The van der Waals surface area contributed by atoms with Crippen LogP contribution >= 0.6 is 34.4 Å². The zero-order valence-corrected chi connectivity index (χ0v) is 13.4. The maximum absolute atomic E-state index is 4.68. The number of anilines is 1. The SMILES string of the molecule is CSc1ccccc1NCc1csc(-c2ccsc2)n1. The molecule has 0 aliphatic rings. The zero-order valence-electron chi connectivity index (χ0n) is 11.0. The second kappa shape index (κ2) is 6.43. The van der Waals surface area contributed by atoms with Gasteiger partial charge in [-0.1, -0.05) is 12.1 Å². The van der Waals surface area contributed by atoms with Gasteiger partial charge in [-0.05, 0) is 29.8 Å². The summed E-state index contributed by atoms with van der Waals surface area (Å²) < 4.78 is 0. The molecule has 0 spiro atoms. The molecule has 0 bridgehead atoms. The van der Waals surface area contributed by atoms with Crippen molar-refractivity contribution in [2.24, 2.45) is 0 Å². The van der Waals surface area contributed by atoms with E-state index in [1.807, 2.05) is 0 Å². The molecule has 0 saturated carbocycles. The molecule has 0 amide bonds. The maximum atomic E-state index is 4.68. The molecule has 102 valence electrons. The van der Waals surface area contributed by atoms with Crippen LogP contribution in [0.25, 0.3) is 10.6 Å². The Bertz CT molecular complexity index is 674. The molecule has 0 saturated heterocycles. The fourth-order valence-corrected chi connectivity index (χ4v) is 3.99. The molecular weight excluding hydrogens is 304 g/mol. The van der Waals surface area contributed by atoms with E-state index in [0.29, 0.717) is 0 Å². The van der Waals surface area contributed by atoms with Crippen molar-refractivity contribution in [1.82, 2.24) is 4.98 Å². The van der Waals surface area contributed by atoms with Gasteiger partial charge < -0.3 is 5.32 Å². The molecule has 0 radical (unpaired) electrons. The lowest BCUT2D eigenvalue weighted by molar-refractivity contribution is 1.07. The van der Waals surface area contributed by atoms with Gasteiger partial charge in [0.15, 0.2) is 0 Å². The van der Waals surface area contributed by atoms with Crippen LogP contribution < -0.4 is 5.32 Å². The minimum absolute atomic E-state index is 0.762. The normalized spacial score (nSPS) is 10.7. The van der Waals surface area contributed by atoms with E-state index < -0.39 is 0 Å². The predicted molar refractivity (Wildman–Crippen MR) is 91.0 cm³/mol. The van der Waals surface area contributed by atoms with Gasteiger partial charge in [0.1, 0.15) is 5.01 Å². The molecule has 3 aromatic rings. The van der Waals surface area contributed by atoms with Crippen LogP contribution in [0.4, 0.5) is 5.69 Å².